The molecular formula is C35H45N7O5. The standard InChI is InChI=1S/C35H45N7O5/c1-6-35(43)39-28-17-29(32(45-5)18-31(28)40-13-10-26(11-14-40)41-20-23(2)47-24(3)21-41)38-33-19-34(37-22-36-33)42-30(12-15-46-42)25-8-7-9-27(16-25)44-4/h6-9,16-19,22-24,26,30H,1,10-15,20-21H2,2-5H3,(H,39,43)(H,36,37,38)/t23-,24+,30-/m1/s1. The fraction of sp³-hybridized carbons (Fsp3) is 0.457. The zero-order chi connectivity index (χ0) is 32.9. The second-order valence-corrected chi connectivity index (χ2v) is 12.3. The van der Waals surface area contributed by atoms with Crippen LogP contribution in [0.1, 0.15) is 44.7 Å². The zero-order valence-corrected chi connectivity index (χ0v) is 27.6. The van der Waals surface area contributed by atoms with Crippen molar-refractivity contribution in [2.45, 2.75) is 57.4 Å². The Kier molecular flexibility index (Phi) is 10.1. The topological polar surface area (TPSA) is 114 Å². The molecular weight excluding hydrogens is 598 g/mol. The summed E-state index contributed by atoms with van der Waals surface area (Å²) in [6.07, 6.45) is 6.12. The first-order valence-corrected chi connectivity index (χ1v) is 16.3. The summed E-state index contributed by atoms with van der Waals surface area (Å²) in [6.45, 7) is 12.2. The Labute approximate surface area is 276 Å². The van der Waals surface area contributed by atoms with Crippen LogP contribution in [-0.2, 0) is 14.4 Å². The number of nitrogens with one attached hydrogen (secondary N) is 2. The van der Waals surface area contributed by atoms with Crippen molar-refractivity contribution in [3.05, 3.63) is 67.0 Å². The van der Waals surface area contributed by atoms with Crippen LogP contribution in [0.25, 0.3) is 0 Å². The number of aromatic nitrogens is 2. The third kappa shape index (κ3) is 7.45. The van der Waals surface area contributed by atoms with Crippen molar-refractivity contribution < 1.29 is 23.8 Å². The van der Waals surface area contributed by atoms with E-state index in [1.54, 1.807) is 14.2 Å². The summed E-state index contributed by atoms with van der Waals surface area (Å²) >= 11 is 0. The average molecular weight is 644 g/mol. The number of carbonyl (C=O) groups is 1. The highest BCUT2D eigenvalue weighted by Crippen LogP contribution is 2.41. The fourth-order valence-electron chi connectivity index (χ4n) is 6.89. The molecule has 0 aliphatic carbocycles. The van der Waals surface area contributed by atoms with Crippen molar-refractivity contribution >= 4 is 34.6 Å². The minimum atomic E-state index is -0.285. The van der Waals surface area contributed by atoms with Crippen molar-refractivity contribution in [2.75, 3.05) is 67.6 Å². The predicted molar refractivity (Wildman–Crippen MR) is 183 cm³/mol. The van der Waals surface area contributed by atoms with Gasteiger partial charge in [-0.15, -0.1) is 0 Å². The minimum Gasteiger partial charge on any atom is -0.497 e. The first kappa shape index (κ1) is 32.5. The van der Waals surface area contributed by atoms with Crippen LogP contribution in [0.4, 0.5) is 28.7 Å². The van der Waals surface area contributed by atoms with Gasteiger partial charge in [-0.2, -0.15) is 0 Å². The number of amides is 1. The molecule has 0 saturated carbocycles. The van der Waals surface area contributed by atoms with Crippen molar-refractivity contribution in [3.63, 3.8) is 0 Å². The highest BCUT2D eigenvalue weighted by molar-refractivity contribution is 6.02. The van der Waals surface area contributed by atoms with Crippen LogP contribution in [0.15, 0.2) is 61.4 Å². The lowest BCUT2D eigenvalue weighted by Crippen LogP contribution is -2.53. The highest BCUT2D eigenvalue weighted by Gasteiger charge is 2.32. The smallest absolute Gasteiger partial charge is 0.247 e. The SMILES string of the molecule is C=CC(=O)Nc1cc(Nc2cc(N3OCC[C@@H]3c3cccc(OC)c3)ncn2)c(OC)cc1N1CCC(N2C[C@@H](C)O[C@@H](C)C2)CC1. The summed E-state index contributed by atoms with van der Waals surface area (Å²) in [5.74, 6) is 2.31. The Morgan fingerprint density at radius 1 is 1.00 bits per heavy atom. The van der Waals surface area contributed by atoms with Gasteiger partial charge in [0.25, 0.3) is 0 Å². The van der Waals surface area contributed by atoms with E-state index in [2.05, 4.69) is 56.9 Å². The van der Waals surface area contributed by atoms with Crippen molar-refractivity contribution in [1.82, 2.24) is 14.9 Å². The van der Waals surface area contributed by atoms with Gasteiger partial charge in [0.15, 0.2) is 5.82 Å². The quantitative estimate of drug-likeness (QED) is 0.280. The number of anilines is 5. The van der Waals surface area contributed by atoms with Gasteiger partial charge in [-0.3, -0.25) is 14.5 Å². The Bertz CT molecular complexity index is 1550. The van der Waals surface area contributed by atoms with Crippen LogP contribution in [0, 0.1) is 0 Å². The molecule has 0 unspecified atom stereocenters. The molecule has 250 valence electrons. The zero-order valence-electron chi connectivity index (χ0n) is 27.6. The molecule has 12 heteroatoms. The van der Waals surface area contributed by atoms with E-state index in [-0.39, 0.29) is 24.2 Å². The van der Waals surface area contributed by atoms with Crippen molar-refractivity contribution in [3.8, 4) is 11.5 Å². The van der Waals surface area contributed by atoms with E-state index in [4.69, 9.17) is 19.0 Å². The van der Waals surface area contributed by atoms with Gasteiger partial charge >= 0.3 is 0 Å². The van der Waals surface area contributed by atoms with Gasteiger partial charge in [-0.1, -0.05) is 18.7 Å². The highest BCUT2D eigenvalue weighted by atomic mass is 16.7. The van der Waals surface area contributed by atoms with Crippen molar-refractivity contribution in [1.29, 1.82) is 0 Å². The number of rotatable bonds is 10. The van der Waals surface area contributed by atoms with Gasteiger partial charge in [-0.05, 0) is 56.5 Å². The Hall–Kier alpha value is -4.39. The maximum Gasteiger partial charge on any atom is 0.247 e. The van der Waals surface area contributed by atoms with Crippen LogP contribution < -0.4 is 30.1 Å². The van der Waals surface area contributed by atoms with Crippen LogP contribution in [0.5, 0.6) is 11.5 Å². The van der Waals surface area contributed by atoms with Crippen LogP contribution in [-0.4, -0.2) is 86.0 Å². The molecule has 3 atom stereocenters. The van der Waals surface area contributed by atoms with Crippen LogP contribution >= 0.6 is 0 Å². The third-order valence-electron chi connectivity index (χ3n) is 9.05. The molecule has 0 bridgehead atoms. The Morgan fingerprint density at radius 2 is 1.79 bits per heavy atom. The predicted octanol–water partition coefficient (Wildman–Crippen LogP) is 5.32. The molecule has 0 radical (unpaired) electrons. The van der Waals surface area contributed by atoms with Gasteiger partial charge < -0.3 is 29.7 Å². The monoisotopic (exact) mass is 643 g/mol. The summed E-state index contributed by atoms with van der Waals surface area (Å²) in [5.41, 5.74) is 3.30. The van der Waals surface area contributed by atoms with E-state index in [1.165, 1.54) is 12.4 Å². The molecule has 12 nitrogen and oxygen atoms in total. The molecule has 2 aromatic carbocycles. The first-order valence-electron chi connectivity index (χ1n) is 16.3. The number of ether oxygens (including phenoxy) is 3. The van der Waals surface area contributed by atoms with Crippen LogP contribution in [0.3, 0.4) is 0 Å². The molecule has 0 spiro atoms. The largest absolute Gasteiger partial charge is 0.497 e. The summed E-state index contributed by atoms with van der Waals surface area (Å²) in [7, 11) is 3.30. The number of benzene rings is 2. The van der Waals surface area contributed by atoms with Gasteiger partial charge in [0.05, 0.1) is 56.1 Å². The van der Waals surface area contributed by atoms with Crippen LogP contribution in [0.2, 0.25) is 0 Å². The van der Waals surface area contributed by atoms with Gasteiger partial charge in [0.1, 0.15) is 23.6 Å². The molecule has 6 rings (SSSR count). The number of carbonyl (C=O) groups excluding carboxylic acids is 1. The van der Waals surface area contributed by atoms with Gasteiger partial charge in [-0.25, -0.2) is 15.0 Å². The maximum atomic E-state index is 12.6. The molecule has 3 aromatic rings. The number of piperidine rings is 1. The number of hydrogen-bond acceptors (Lipinski definition) is 11. The first-order chi connectivity index (χ1) is 22.8. The number of nitrogens with zero attached hydrogens (tertiary/aromatic N) is 5. The summed E-state index contributed by atoms with van der Waals surface area (Å²) in [6, 6.07) is 14.2. The molecule has 3 aliphatic rings. The normalized spacial score (nSPS) is 22.2. The molecule has 4 heterocycles. The van der Waals surface area contributed by atoms with Gasteiger partial charge in [0, 0.05) is 50.8 Å². The maximum absolute atomic E-state index is 12.6. The van der Waals surface area contributed by atoms with E-state index < -0.39 is 0 Å². The van der Waals surface area contributed by atoms with E-state index in [0.717, 1.165) is 62.4 Å². The Morgan fingerprint density at radius 3 is 2.51 bits per heavy atom. The minimum absolute atomic E-state index is 0.0263. The van der Waals surface area contributed by atoms with E-state index in [0.29, 0.717) is 41.4 Å². The van der Waals surface area contributed by atoms with E-state index >= 15 is 0 Å². The number of morpholine rings is 1. The second kappa shape index (κ2) is 14.6. The van der Waals surface area contributed by atoms with Crippen molar-refractivity contribution in [2.24, 2.45) is 0 Å². The third-order valence-corrected chi connectivity index (χ3v) is 9.05. The summed E-state index contributed by atoms with van der Waals surface area (Å²) in [4.78, 5) is 32.5. The Balaban J connectivity index is 1.22. The lowest BCUT2D eigenvalue weighted by molar-refractivity contribution is -0.111. The number of hydrogen-bond donors (Lipinski definition) is 2. The molecule has 2 N–H and O–H groups in total. The van der Waals surface area contributed by atoms with Gasteiger partial charge in [0.2, 0.25) is 5.91 Å². The lowest BCUT2D eigenvalue weighted by atomic mass is 10.00. The lowest BCUT2D eigenvalue weighted by Gasteiger charge is -2.44. The number of hydroxylamine groups is 1. The molecule has 3 fully saturated rings. The summed E-state index contributed by atoms with van der Waals surface area (Å²) in [5, 5.41) is 8.23. The van der Waals surface area contributed by atoms with E-state index in [1.807, 2.05) is 41.5 Å². The van der Waals surface area contributed by atoms with E-state index in [9.17, 15) is 4.79 Å². The molecule has 47 heavy (non-hydrogen) atoms. The second-order valence-electron chi connectivity index (χ2n) is 12.3. The summed E-state index contributed by atoms with van der Waals surface area (Å²) < 4.78 is 17.3. The number of methoxy groups -OCH3 is 2. The molecule has 3 aliphatic heterocycles. The fourth-order valence-corrected chi connectivity index (χ4v) is 6.89. The molecule has 3 saturated heterocycles. The average Bonchev–Trinajstić information content (AvgIpc) is 3.59. The molecule has 1 aromatic heterocycles. The molecule has 1 amide bonds.